The normalized spacial score (nSPS) is 12.1. The fraction of sp³-hybridized carbons (Fsp3) is 0.312. The maximum absolute atomic E-state index is 11.8. The van der Waals surface area contributed by atoms with Crippen LogP contribution in [0.4, 0.5) is 0 Å². The molecule has 112 valence electrons. The van der Waals surface area contributed by atoms with Gasteiger partial charge in [-0.05, 0) is 30.2 Å². The van der Waals surface area contributed by atoms with E-state index in [1.54, 1.807) is 6.07 Å². The van der Waals surface area contributed by atoms with Gasteiger partial charge >= 0.3 is 0 Å². The van der Waals surface area contributed by atoms with E-state index in [-0.39, 0.29) is 12.3 Å². The van der Waals surface area contributed by atoms with Crippen LogP contribution in [0, 0.1) is 0 Å². The molecule has 2 rings (SSSR count). The predicted octanol–water partition coefficient (Wildman–Crippen LogP) is 2.46. The average Bonchev–Trinajstić information content (AvgIpc) is 2.87. The summed E-state index contributed by atoms with van der Waals surface area (Å²) in [5.41, 5.74) is 1.65. The van der Waals surface area contributed by atoms with Gasteiger partial charge < -0.3 is 15.0 Å². The summed E-state index contributed by atoms with van der Waals surface area (Å²) in [5.74, 6) is -0.0952. The Morgan fingerprint density at radius 2 is 2.10 bits per heavy atom. The summed E-state index contributed by atoms with van der Waals surface area (Å²) < 4.78 is 1.87. The molecule has 21 heavy (non-hydrogen) atoms. The fourth-order valence-electron chi connectivity index (χ4n) is 2.19. The van der Waals surface area contributed by atoms with Crippen molar-refractivity contribution in [1.29, 1.82) is 0 Å². The monoisotopic (exact) mass is 306 g/mol. The highest BCUT2D eigenvalue weighted by molar-refractivity contribution is 6.31. The highest BCUT2D eigenvalue weighted by atomic mass is 35.5. The molecule has 0 bridgehead atoms. The van der Waals surface area contributed by atoms with Crippen LogP contribution in [0.3, 0.4) is 0 Å². The summed E-state index contributed by atoms with van der Waals surface area (Å²) in [4.78, 5) is 11.8. The first kappa shape index (κ1) is 15.6. The first-order valence-corrected chi connectivity index (χ1v) is 7.25. The number of aliphatic hydroxyl groups excluding tert-OH is 1. The smallest absolute Gasteiger partial charge is 0.224 e. The summed E-state index contributed by atoms with van der Waals surface area (Å²) in [6.45, 7) is 0.426. The largest absolute Gasteiger partial charge is 0.387 e. The average molecular weight is 307 g/mol. The Morgan fingerprint density at radius 1 is 1.33 bits per heavy atom. The maximum Gasteiger partial charge on any atom is 0.224 e. The quantitative estimate of drug-likeness (QED) is 0.861. The Hall–Kier alpha value is -1.78. The van der Waals surface area contributed by atoms with Gasteiger partial charge in [0.25, 0.3) is 0 Å². The van der Waals surface area contributed by atoms with Gasteiger partial charge in [-0.3, -0.25) is 4.79 Å². The minimum Gasteiger partial charge on any atom is -0.387 e. The molecule has 0 aliphatic rings. The van der Waals surface area contributed by atoms with Crippen LogP contribution in [-0.4, -0.2) is 22.1 Å². The number of aromatic nitrogens is 1. The molecule has 0 saturated carbocycles. The number of carbonyl (C=O) groups excluding carboxylic acids is 1. The van der Waals surface area contributed by atoms with Gasteiger partial charge in [0.2, 0.25) is 5.91 Å². The van der Waals surface area contributed by atoms with Gasteiger partial charge in [-0.2, -0.15) is 0 Å². The summed E-state index contributed by atoms with van der Waals surface area (Å²) in [6.07, 6.45) is 2.03. The number of nitrogens with zero attached hydrogens (tertiary/aromatic N) is 1. The van der Waals surface area contributed by atoms with Crippen molar-refractivity contribution in [3.8, 4) is 0 Å². The molecule has 1 aromatic carbocycles. The number of aryl methyl sites for hydroxylation is 1. The number of amides is 1. The van der Waals surface area contributed by atoms with E-state index in [9.17, 15) is 9.90 Å². The zero-order valence-electron chi connectivity index (χ0n) is 11.9. The van der Waals surface area contributed by atoms with E-state index in [0.29, 0.717) is 18.0 Å². The molecule has 1 heterocycles. The third-order valence-corrected chi connectivity index (χ3v) is 3.74. The number of rotatable bonds is 6. The minimum atomic E-state index is -0.578. The summed E-state index contributed by atoms with van der Waals surface area (Å²) >= 11 is 6.02. The van der Waals surface area contributed by atoms with E-state index in [1.807, 2.05) is 48.1 Å². The molecule has 4 nitrogen and oxygen atoms in total. The van der Waals surface area contributed by atoms with Crippen LogP contribution in [0.2, 0.25) is 5.02 Å². The molecular weight excluding hydrogens is 288 g/mol. The molecule has 5 heteroatoms. The zero-order valence-corrected chi connectivity index (χ0v) is 12.7. The minimum absolute atomic E-state index is 0.0952. The lowest BCUT2D eigenvalue weighted by molar-refractivity contribution is -0.120. The van der Waals surface area contributed by atoms with Crippen molar-refractivity contribution in [2.45, 2.75) is 18.9 Å². The van der Waals surface area contributed by atoms with Crippen molar-refractivity contribution in [3.05, 3.63) is 58.9 Å². The van der Waals surface area contributed by atoms with Crippen molar-refractivity contribution in [2.75, 3.05) is 6.54 Å². The Balaban J connectivity index is 1.77. The van der Waals surface area contributed by atoms with Crippen LogP contribution in [0.15, 0.2) is 42.6 Å². The summed E-state index contributed by atoms with van der Waals surface area (Å²) in [5, 5.41) is 13.4. The first-order valence-electron chi connectivity index (χ1n) is 6.87. The van der Waals surface area contributed by atoms with Crippen LogP contribution in [0.25, 0.3) is 0 Å². The lowest BCUT2D eigenvalue weighted by Gasteiger charge is -2.12. The van der Waals surface area contributed by atoms with Crippen LogP contribution in [-0.2, 0) is 18.3 Å². The van der Waals surface area contributed by atoms with Crippen molar-refractivity contribution in [3.63, 3.8) is 0 Å². The highest BCUT2D eigenvalue weighted by Crippen LogP contribution is 2.16. The van der Waals surface area contributed by atoms with Crippen LogP contribution in [0.1, 0.15) is 23.8 Å². The molecule has 1 amide bonds. The topological polar surface area (TPSA) is 54.3 Å². The van der Waals surface area contributed by atoms with Crippen molar-refractivity contribution >= 4 is 17.5 Å². The molecule has 0 aliphatic carbocycles. The molecule has 2 N–H and O–H groups in total. The molecule has 0 saturated heterocycles. The van der Waals surface area contributed by atoms with Gasteiger partial charge in [-0.1, -0.05) is 29.8 Å². The van der Waals surface area contributed by atoms with Gasteiger partial charge in [0.05, 0.1) is 12.5 Å². The molecule has 1 atom stereocenters. The molecule has 2 aromatic rings. The number of benzene rings is 1. The number of hydrogen-bond acceptors (Lipinski definition) is 2. The maximum atomic E-state index is 11.8. The standard InChI is InChI=1S/C16H19ClN2O2/c1-19-10-4-7-14(19)15(20)8-9-18-16(21)11-12-5-2-3-6-13(12)17/h2-7,10,15,20H,8-9,11H2,1H3,(H,18,21)/t15-/m1/s1. The van der Waals surface area contributed by atoms with E-state index in [4.69, 9.17) is 11.6 Å². The Bertz CT molecular complexity index is 610. The lowest BCUT2D eigenvalue weighted by atomic mass is 10.1. The second kappa shape index (κ2) is 7.29. The van der Waals surface area contributed by atoms with Crippen LogP contribution in [0.5, 0.6) is 0 Å². The summed E-state index contributed by atoms with van der Waals surface area (Å²) in [7, 11) is 1.88. The number of nitrogens with one attached hydrogen (secondary N) is 1. The summed E-state index contributed by atoms with van der Waals surface area (Å²) in [6, 6.07) is 11.0. The number of aliphatic hydroxyl groups is 1. The second-order valence-corrected chi connectivity index (χ2v) is 5.37. The van der Waals surface area contributed by atoms with Crippen LogP contribution < -0.4 is 5.32 Å². The Morgan fingerprint density at radius 3 is 2.76 bits per heavy atom. The first-order chi connectivity index (χ1) is 10.1. The van der Waals surface area contributed by atoms with E-state index in [0.717, 1.165) is 11.3 Å². The van der Waals surface area contributed by atoms with Crippen LogP contribution >= 0.6 is 11.6 Å². The molecule has 0 fully saturated rings. The van der Waals surface area contributed by atoms with Gasteiger partial charge in [-0.15, -0.1) is 0 Å². The SMILES string of the molecule is Cn1cccc1[C@H](O)CCNC(=O)Cc1ccccc1Cl. The fourth-order valence-corrected chi connectivity index (χ4v) is 2.40. The molecule has 0 unspecified atom stereocenters. The third kappa shape index (κ3) is 4.34. The van der Waals surface area contributed by atoms with Gasteiger partial charge in [0, 0.05) is 30.5 Å². The van der Waals surface area contributed by atoms with Crippen molar-refractivity contribution in [1.82, 2.24) is 9.88 Å². The molecular formula is C16H19ClN2O2. The van der Waals surface area contributed by atoms with Crippen molar-refractivity contribution < 1.29 is 9.90 Å². The van der Waals surface area contributed by atoms with E-state index in [2.05, 4.69) is 5.32 Å². The lowest BCUT2D eigenvalue weighted by Crippen LogP contribution is -2.27. The molecule has 0 aliphatic heterocycles. The number of halogens is 1. The van der Waals surface area contributed by atoms with Gasteiger partial charge in [0.15, 0.2) is 0 Å². The van der Waals surface area contributed by atoms with E-state index >= 15 is 0 Å². The van der Waals surface area contributed by atoms with Gasteiger partial charge in [-0.25, -0.2) is 0 Å². The van der Waals surface area contributed by atoms with Crippen molar-refractivity contribution in [2.24, 2.45) is 7.05 Å². The molecule has 1 aromatic heterocycles. The van der Waals surface area contributed by atoms with E-state index in [1.165, 1.54) is 0 Å². The number of carbonyl (C=O) groups is 1. The molecule has 0 radical (unpaired) electrons. The van der Waals surface area contributed by atoms with Gasteiger partial charge in [0.1, 0.15) is 0 Å². The third-order valence-electron chi connectivity index (χ3n) is 3.37. The second-order valence-electron chi connectivity index (χ2n) is 4.97. The Kier molecular flexibility index (Phi) is 5.42. The Labute approximate surface area is 129 Å². The highest BCUT2D eigenvalue weighted by Gasteiger charge is 2.11. The number of hydrogen-bond donors (Lipinski definition) is 2. The predicted molar refractivity (Wildman–Crippen MR) is 83.2 cm³/mol. The zero-order chi connectivity index (χ0) is 15.2. The molecule has 0 spiro atoms. The van der Waals surface area contributed by atoms with E-state index < -0.39 is 6.10 Å².